The number of nitrogens with one attached hydrogen (secondary N) is 1. The number of nitrogens with zero attached hydrogens (tertiary/aromatic N) is 2. The lowest BCUT2D eigenvalue weighted by molar-refractivity contribution is 0.178. The summed E-state index contributed by atoms with van der Waals surface area (Å²) in [7, 11) is 0. The fourth-order valence-electron chi connectivity index (χ4n) is 3.58. The summed E-state index contributed by atoms with van der Waals surface area (Å²) in [5.41, 5.74) is 1.44. The van der Waals surface area contributed by atoms with Crippen molar-refractivity contribution in [2.45, 2.75) is 65.0 Å². The van der Waals surface area contributed by atoms with Crippen LogP contribution in [0.5, 0.6) is 0 Å². The second kappa shape index (κ2) is 8.92. The summed E-state index contributed by atoms with van der Waals surface area (Å²) in [6.07, 6.45) is 9.20. The van der Waals surface area contributed by atoms with Crippen LogP contribution >= 0.6 is 0 Å². The third-order valence-corrected chi connectivity index (χ3v) is 4.85. The zero-order chi connectivity index (χ0) is 15.1. The van der Waals surface area contributed by atoms with Gasteiger partial charge >= 0.3 is 0 Å². The molecular weight excluding hydrogens is 258 g/mol. The normalized spacial score (nSPS) is 24.0. The van der Waals surface area contributed by atoms with E-state index >= 15 is 0 Å². The highest BCUT2D eigenvalue weighted by Gasteiger charge is 2.21. The van der Waals surface area contributed by atoms with E-state index in [0.29, 0.717) is 6.04 Å². The molecule has 3 heteroatoms. The van der Waals surface area contributed by atoms with Gasteiger partial charge in [-0.1, -0.05) is 18.1 Å². The van der Waals surface area contributed by atoms with Crippen LogP contribution in [0.2, 0.25) is 0 Å². The lowest BCUT2D eigenvalue weighted by atomic mass is 10.0. The molecule has 0 aromatic rings. The van der Waals surface area contributed by atoms with E-state index in [-0.39, 0.29) is 0 Å². The van der Waals surface area contributed by atoms with Gasteiger partial charge in [-0.05, 0) is 72.6 Å². The minimum absolute atomic E-state index is 0.637. The van der Waals surface area contributed by atoms with Crippen LogP contribution in [0.3, 0.4) is 0 Å². The van der Waals surface area contributed by atoms with Crippen LogP contribution in [-0.2, 0) is 0 Å². The first kappa shape index (κ1) is 17.0. The van der Waals surface area contributed by atoms with E-state index in [1.807, 2.05) is 0 Å². The van der Waals surface area contributed by atoms with Crippen molar-refractivity contribution >= 4 is 0 Å². The fraction of sp³-hybridized carbons (Fsp3) is 0.889. The quantitative estimate of drug-likeness (QED) is 0.760. The molecule has 0 saturated carbocycles. The number of piperidine rings is 2. The van der Waals surface area contributed by atoms with Crippen molar-refractivity contribution in [3.63, 3.8) is 0 Å². The van der Waals surface area contributed by atoms with Crippen LogP contribution in [0, 0.1) is 0 Å². The first-order valence-corrected chi connectivity index (χ1v) is 8.97. The Hall–Kier alpha value is -0.380. The zero-order valence-electron chi connectivity index (χ0n) is 14.4. The van der Waals surface area contributed by atoms with E-state index in [0.717, 1.165) is 12.6 Å². The highest BCUT2D eigenvalue weighted by atomic mass is 15.2. The average Bonchev–Trinajstić information content (AvgIpc) is 2.47. The number of likely N-dealkylation sites (tertiary alicyclic amines) is 2. The van der Waals surface area contributed by atoms with Gasteiger partial charge in [0.05, 0.1) is 0 Å². The summed E-state index contributed by atoms with van der Waals surface area (Å²) in [5.74, 6) is 0. The molecular formula is C18H35N3. The van der Waals surface area contributed by atoms with E-state index in [1.165, 1.54) is 70.4 Å². The molecule has 2 fully saturated rings. The maximum atomic E-state index is 3.87. The smallest absolute Gasteiger partial charge is 0.0169 e. The summed E-state index contributed by atoms with van der Waals surface area (Å²) in [5, 5.41) is 3.87. The molecule has 0 radical (unpaired) electrons. The van der Waals surface area contributed by atoms with Crippen molar-refractivity contribution < 1.29 is 0 Å². The molecule has 0 bridgehead atoms. The molecule has 0 amide bonds. The molecule has 0 spiro atoms. The molecule has 1 atom stereocenters. The van der Waals surface area contributed by atoms with E-state index < -0.39 is 0 Å². The zero-order valence-corrected chi connectivity index (χ0v) is 14.4. The lowest BCUT2D eigenvalue weighted by Crippen LogP contribution is -2.49. The molecule has 21 heavy (non-hydrogen) atoms. The minimum Gasteiger partial charge on any atom is -0.310 e. The number of hydrogen-bond donors (Lipinski definition) is 1. The molecule has 3 nitrogen and oxygen atoms in total. The van der Waals surface area contributed by atoms with Gasteiger partial charge in [0.1, 0.15) is 0 Å². The second-order valence-corrected chi connectivity index (χ2v) is 7.29. The topological polar surface area (TPSA) is 18.5 Å². The van der Waals surface area contributed by atoms with Crippen LogP contribution in [-0.4, -0.2) is 61.2 Å². The molecule has 122 valence electrons. The molecule has 1 unspecified atom stereocenters. The van der Waals surface area contributed by atoms with Crippen molar-refractivity contribution in [3.8, 4) is 0 Å². The van der Waals surface area contributed by atoms with Gasteiger partial charge in [-0.3, -0.25) is 4.90 Å². The van der Waals surface area contributed by atoms with Gasteiger partial charge in [-0.25, -0.2) is 0 Å². The molecule has 0 aliphatic carbocycles. The van der Waals surface area contributed by atoms with Crippen LogP contribution in [0.1, 0.15) is 52.9 Å². The molecule has 2 aliphatic heterocycles. The summed E-state index contributed by atoms with van der Waals surface area (Å²) in [6.45, 7) is 14.2. The van der Waals surface area contributed by atoms with Crippen LogP contribution < -0.4 is 5.32 Å². The van der Waals surface area contributed by atoms with Crippen molar-refractivity contribution in [1.82, 2.24) is 15.1 Å². The van der Waals surface area contributed by atoms with E-state index in [9.17, 15) is 0 Å². The predicted octanol–water partition coefficient (Wildman–Crippen LogP) is 2.88. The second-order valence-electron chi connectivity index (χ2n) is 7.29. The number of hydrogen-bond acceptors (Lipinski definition) is 3. The van der Waals surface area contributed by atoms with Gasteiger partial charge in [0.25, 0.3) is 0 Å². The van der Waals surface area contributed by atoms with E-state index in [4.69, 9.17) is 0 Å². The average molecular weight is 293 g/mol. The molecule has 2 heterocycles. The maximum absolute atomic E-state index is 3.87. The van der Waals surface area contributed by atoms with Gasteiger partial charge in [0, 0.05) is 25.2 Å². The standard InChI is InChI=1S/C18H35N3/c1-16(2)7-12-20-13-8-18(9-14-20)19-17(3)15-21-10-5-4-6-11-21/h7,17-19H,4-6,8-15H2,1-3H3. The first-order chi connectivity index (χ1) is 10.1. The Morgan fingerprint density at radius 2 is 1.71 bits per heavy atom. The van der Waals surface area contributed by atoms with Gasteiger partial charge in [0.2, 0.25) is 0 Å². The van der Waals surface area contributed by atoms with Crippen LogP contribution in [0.25, 0.3) is 0 Å². The molecule has 2 rings (SSSR count). The van der Waals surface area contributed by atoms with Crippen LogP contribution in [0.4, 0.5) is 0 Å². The monoisotopic (exact) mass is 293 g/mol. The summed E-state index contributed by atoms with van der Waals surface area (Å²) >= 11 is 0. The van der Waals surface area contributed by atoms with E-state index in [1.54, 1.807) is 0 Å². The summed E-state index contributed by atoms with van der Waals surface area (Å²) in [4.78, 5) is 5.23. The Morgan fingerprint density at radius 1 is 1.05 bits per heavy atom. The molecule has 1 N–H and O–H groups in total. The third-order valence-electron chi connectivity index (χ3n) is 4.85. The van der Waals surface area contributed by atoms with Crippen molar-refractivity contribution in [2.24, 2.45) is 0 Å². The van der Waals surface area contributed by atoms with E-state index in [2.05, 4.69) is 42.0 Å². The van der Waals surface area contributed by atoms with Gasteiger partial charge in [-0.15, -0.1) is 0 Å². The third kappa shape index (κ3) is 6.50. The van der Waals surface area contributed by atoms with Gasteiger partial charge in [0.15, 0.2) is 0 Å². The Kier molecular flexibility index (Phi) is 7.21. The Morgan fingerprint density at radius 3 is 2.33 bits per heavy atom. The van der Waals surface area contributed by atoms with Gasteiger partial charge in [-0.2, -0.15) is 0 Å². The first-order valence-electron chi connectivity index (χ1n) is 8.97. The Balaban J connectivity index is 1.62. The van der Waals surface area contributed by atoms with Crippen molar-refractivity contribution in [2.75, 3.05) is 39.3 Å². The molecule has 2 aliphatic rings. The lowest BCUT2D eigenvalue weighted by Gasteiger charge is -2.35. The van der Waals surface area contributed by atoms with Crippen molar-refractivity contribution in [1.29, 1.82) is 0 Å². The highest BCUT2D eigenvalue weighted by Crippen LogP contribution is 2.13. The summed E-state index contributed by atoms with van der Waals surface area (Å²) in [6, 6.07) is 1.37. The minimum atomic E-state index is 0.637. The van der Waals surface area contributed by atoms with Crippen LogP contribution in [0.15, 0.2) is 11.6 Å². The maximum Gasteiger partial charge on any atom is 0.0169 e. The fourth-order valence-corrected chi connectivity index (χ4v) is 3.58. The highest BCUT2D eigenvalue weighted by molar-refractivity contribution is 4.95. The Bertz CT molecular complexity index is 308. The molecule has 0 aromatic carbocycles. The molecule has 2 saturated heterocycles. The van der Waals surface area contributed by atoms with Gasteiger partial charge < -0.3 is 10.2 Å². The number of rotatable bonds is 6. The summed E-state index contributed by atoms with van der Waals surface area (Å²) < 4.78 is 0. The number of allylic oxidation sites excluding steroid dienone is 1. The SMILES string of the molecule is CC(C)=CCN1CCC(NC(C)CN2CCCCC2)CC1. The largest absolute Gasteiger partial charge is 0.310 e. The Labute approximate surface area is 131 Å². The predicted molar refractivity (Wildman–Crippen MR) is 91.8 cm³/mol. The molecule has 0 aromatic heterocycles. The van der Waals surface area contributed by atoms with Crippen molar-refractivity contribution in [3.05, 3.63) is 11.6 Å².